The molecule has 2 amide bonds. The van der Waals surface area contributed by atoms with Crippen LogP contribution in [0.3, 0.4) is 0 Å². The van der Waals surface area contributed by atoms with Gasteiger partial charge < -0.3 is 29.3 Å². The normalized spacial score (nSPS) is 16.9. The van der Waals surface area contributed by atoms with Gasteiger partial charge in [-0.15, -0.1) is 0 Å². The number of allylic oxidation sites excluding steroid dienone is 1. The number of nitrogens with zero attached hydrogens (tertiary/aromatic N) is 2. The minimum absolute atomic E-state index is 0.0567. The lowest BCUT2D eigenvalue weighted by Gasteiger charge is -2.33. The highest BCUT2D eigenvalue weighted by atomic mass is 32.1. The van der Waals surface area contributed by atoms with Crippen LogP contribution in [-0.4, -0.2) is 62.4 Å². The fraction of sp³-hybridized carbons (Fsp3) is 0.455. The van der Waals surface area contributed by atoms with Crippen LogP contribution in [0.15, 0.2) is 52.3 Å². The molecule has 0 aliphatic carbocycles. The number of carbonyl (C=O) groups excluding carboxylic acids is 2. The number of anilines is 1. The molecule has 0 saturated carbocycles. The molecule has 1 aromatic carbocycles. The van der Waals surface area contributed by atoms with E-state index in [2.05, 4.69) is 40.4 Å². The maximum absolute atomic E-state index is 13.9. The average molecular weight is 594 g/mol. The maximum atomic E-state index is 13.9. The molecule has 2 aromatic rings. The van der Waals surface area contributed by atoms with Gasteiger partial charge in [-0.25, -0.2) is 4.79 Å². The number of hydrogen-bond donors (Lipinski definition) is 1. The number of fused-ring (bicyclic) bond motifs is 1. The lowest BCUT2D eigenvalue weighted by atomic mass is 9.94. The third kappa shape index (κ3) is 7.37. The molecule has 1 atom stereocenters. The van der Waals surface area contributed by atoms with Gasteiger partial charge in [0, 0.05) is 59.9 Å². The van der Waals surface area contributed by atoms with Crippen molar-refractivity contribution in [1.82, 2.24) is 10.2 Å². The van der Waals surface area contributed by atoms with E-state index in [4.69, 9.17) is 14.2 Å². The number of hydrogen-bond acceptors (Lipinski definition) is 7. The second-order valence-corrected chi connectivity index (χ2v) is 12.8. The summed E-state index contributed by atoms with van der Waals surface area (Å²) in [5.74, 6) is 1.30. The van der Waals surface area contributed by atoms with E-state index in [1.54, 1.807) is 18.4 Å². The summed E-state index contributed by atoms with van der Waals surface area (Å²) < 4.78 is 17.4. The first-order chi connectivity index (χ1) is 19.9. The second kappa shape index (κ2) is 13.1. The monoisotopic (exact) mass is 593 g/mol. The van der Waals surface area contributed by atoms with Gasteiger partial charge in [-0.05, 0) is 71.4 Å². The molecule has 226 valence electrons. The Morgan fingerprint density at radius 1 is 1.21 bits per heavy atom. The van der Waals surface area contributed by atoms with Crippen LogP contribution >= 0.6 is 11.3 Å². The third-order valence-electron chi connectivity index (χ3n) is 7.28. The van der Waals surface area contributed by atoms with Gasteiger partial charge >= 0.3 is 6.09 Å². The molecule has 3 heterocycles. The van der Waals surface area contributed by atoms with E-state index in [-0.39, 0.29) is 18.6 Å². The van der Waals surface area contributed by atoms with Crippen molar-refractivity contribution in [2.45, 2.75) is 65.5 Å². The molecule has 1 unspecified atom stereocenters. The highest BCUT2D eigenvalue weighted by Crippen LogP contribution is 2.43. The molecule has 42 heavy (non-hydrogen) atoms. The van der Waals surface area contributed by atoms with E-state index in [1.807, 2.05) is 58.0 Å². The first kappa shape index (κ1) is 31.2. The number of ether oxygens (including phenoxy) is 3. The maximum Gasteiger partial charge on any atom is 0.407 e. The lowest BCUT2D eigenvalue weighted by molar-refractivity contribution is -0.126. The Morgan fingerprint density at radius 3 is 2.62 bits per heavy atom. The smallest absolute Gasteiger partial charge is 0.407 e. The third-order valence-corrected chi connectivity index (χ3v) is 7.95. The van der Waals surface area contributed by atoms with Gasteiger partial charge in [0.25, 0.3) is 5.91 Å². The predicted octanol–water partition coefficient (Wildman–Crippen LogP) is 6.88. The summed E-state index contributed by atoms with van der Waals surface area (Å²) in [5, 5.41) is 7.09. The van der Waals surface area contributed by atoms with Gasteiger partial charge in [0.15, 0.2) is 0 Å². The Balaban J connectivity index is 1.64. The zero-order valence-corrected chi connectivity index (χ0v) is 26.7. The minimum atomic E-state index is -0.561. The first-order valence-electron chi connectivity index (χ1n) is 14.3. The zero-order valence-electron chi connectivity index (χ0n) is 25.8. The molecule has 9 heteroatoms. The molecule has 4 rings (SSSR count). The Kier molecular flexibility index (Phi) is 9.71. The lowest BCUT2D eigenvalue weighted by Crippen LogP contribution is -2.40. The minimum Gasteiger partial charge on any atom is -0.496 e. The van der Waals surface area contributed by atoms with Gasteiger partial charge in [-0.1, -0.05) is 18.2 Å². The van der Waals surface area contributed by atoms with Gasteiger partial charge in [-0.3, -0.25) is 4.79 Å². The van der Waals surface area contributed by atoms with Gasteiger partial charge in [0.1, 0.15) is 23.7 Å². The number of methoxy groups -OCH3 is 1. The second-order valence-electron chi connectivity index (χ2n) is 12.0. The Labute approximate surface area is 253 Å². The van der Waals surface area contributed by atoms with Crippen LogP contribution in [0, 0.1) is 0 Å². The number of carbonyl (C=O) groups is 2. The quantitative estimate of drug-likeness (QED) is 0.353. The molecular formula is C33H43N3O5S. The summed E-state index contributed by atoms with van der Waals surface area (Å²) in [7, 11) is 3.66. The average Bonchev–Trinajstić information content (AvgIpc) is 3.36. The summed E-state index contributed by atoms with van der Waals surface area (Å²) in [6.07, 6.45) is 3.84. The molecule has 1 saturated heterocycles. The Morgan fingerprint density at radius 2 is 1.98 bits per heavy atom. The van der Waals surface area contributed by atoms with Crippen molar-refractivity contribution in [2.24, 2.45) is 0 Å². The van der Waals surface area contributed by atoms with E-state index in [1.165, 1.54) is 0 Å². The van der Waals surface area contributed by atoms with E-state index >= 15 is 0 Å². The summed E-state index contributed by atoms with van der Waals surface area (Å²) in [6, 6.07) is 5.98. The van der Waals surface area contributed by atoms with Crippen molar-refractivity contribution in [2.75, 3.05) is 38.8 Å². The summed E-state index contributed by atoms with van der Waals surface area (Å²) in [4.78, 5) is 30.2. The Bertz CT molecular complexity index is 1380. The van der Waals surface area contributed by atoms with Crippen LogP contribution in [-0.2, 0) is 9.53 Å². The van der Waals surface area contributed by atoms with Crippen molar-refractivity contribution < 1.29 is 23.8 Å². The largest absolute Gasteiger partial charge is 0.496 e. The zero-order chi connectivity index (χ0) is 30.6. The molecular weight excluding hydrogens is 550 g/mol. The topological polar surface area (TPSA) is 80.3 Å². The number of thiophene rings is 1. The number of likely N-dealkylation sites (tertiary alicyclic amines) is 1. The van der Waals surface area contributed by atoms with Crippen molar-refractivity contribution in [1.29, 1.82) is 0 Å². The Hall–Kier alpha value is -3.72. The number of benzene rings is 1. The van der Waals surface area contributed by atoms with Crippen molar-refractivity contribution >= 4 is 40.8 Å². The number of amides is 2. The van der Waals surface area contributed by atoms with E-state index in [9.17, 15) is 9.59 Å². The molecule has 2 aliphatic rings. The van der Waals surface area contributed by atoms with Crippen LogP contribution in [0.4, 0.5) is 10.5 Å². The molecule has 8 nitrogen and oxygen atoms in total. The number of nitrogens with one attached hydrogen (secondary N) is 1. The summed E-state index contributed by atoms with van der Waals surface area (Å²) in [5.41, 5.74) is 5.47. The number of rotatable bonds is 7. The molecule has 1 aromatic heterocycles. The van der Waals surface area contributed by atoms with Crippen LogP contribution < -0.4 is 19.7 Å². The van der Waals surface area contributed by atoms with Crippen LogP contribution in [0.1, 0.15) is 65.0 Å². The fourth-order valence-electron chi connectivity index (χ4n) is 5.29. The molecule has 0 bridgehead atoms. The van der Waals surface area contributed by atoms with Crippen LogP contribution in [0.5, 0.6) is 11.5 Å². The van der Waals surface area contributed by atoms with Crippen LogP contribution in [0.2, 0.25) is 0 Å². The molecule has 0 radical (unpaired) electrons. The van der Waals surface area contributed by atoms with Gasteiger partial charge in [-0.2, -0.15) is 11.3 Å². The molecule has 1 N–H and O–H groups in total. The summed E-state index contributed by atoms with van der Waals surface area (Å²) in [6.45, 7) is 15.2. The molecule has 1 fully saturated rings. The van der Waals surface area contributed by atoms with Crippen LogP contribution in [0.25, 0.3) is 11.8 Å². The molecule has 2 aliphatic heterocycles. The fourth-order valence-corrected chi connectivity index (χ4v) is 5.96. The van der Waals surface area contributed by atoms with E-state index < -0.39 is 11.7 Å². The SMILES string of the molecule is C=C(C(=O)N1CCCC(NC(=O)OC(C)(C)C)CC1)C1=C(N(C)c2ccsc2)c2cc(C=C(C)C)c(OC)cc2OC1. The van der Waals surface area contributed by atoms with Crippen molar-refractivity contribution in [3.05, 3.63) is 63.4 Å². The van der Waals surface area contributed by atoms with Crippen molar-refractivity contribution in [3.8, 4) is 11.5 Å². The van der Waals surface area contributed by atoms with Gasteiger partial charge in [0.2, 0.25) is 0 Å². The molecule has 0 spiro atoms. The van der Waals surface area contributed by atoms with E-state index in [0.29, 0.717) is 30.8 Å². The predicted molar refractivity (Wildman–Crippen MR) is 170 cm³/mol. The first-order valence-corrected chi connectivity index (χ1v) is 15.3. The standard InChI is InChI=1S/C33H43N3O5S/c1-21(2)16-23-17-26-29(18-28(23)39-8)40-19-27(30(26)35(7)25-12-15-42-20-25)22(3)31(37)36-13-9-10-24(11-14-36)34-32(38)41-33(4,5)6/h12,15-18,20,24H,3,9-11,13-14,19H2,1-2,4-8H3,(H,34,38). The summed E-state index contributed by atoms with van der Waals surface area (Å²) >= 11 is 1.62. The van der Waals surface area contributed by atoms with E-state index in [0.717, 1.165) is 52.2 Å². The highest BCUT2D eigenvalue weighted by molar-refractivity contribution is 7.08. The highest BCUT2D eigenvalue weighted by Gasteiger charge is 2.32. The van der Waals surface area contributed by atoms with Crippen molar-refractivity contribution in [3.63, 3.8) is 0 Å². The van der Waals surface area contributed by atoms with Gasteiger partial charge in [0.05, 0.1) is 18.5 Å². The number of alkyl carbamates (subject to hydrolysis) is 1.